The normalized spacial score (nSPS) is 14.4. The van der Waals surface area contributed by atoms with E-state index in [0.717, 1.165) is 10.0 Å². The molecule has 0 saturated heterocycles. The molecule has 18 heavy (non-hydrogen) atoms. The Labute approximate surface area is 126 Å². The maximum absolute atomic E-state index is 6.52. The first-order valence-electron chi connectivity index (χ1n) is 6.10. The van der Waals surface area contributed by atoms with Gasteiger partial charge in [0.15, 0.2) is 0 Å². The van der Waals surface area contributed by atoms with Gasteiger partial charge in [-0.2, -0.15) is 0 Å². The molecule has 0 aliphatic heterocycles. The third-order valence-electron chi connectivity index (χ3n) is 3.29. The van der Waals surface area contributed by atoms with E-state index in [2.05, 4.69) is 59.4 Å². The minimum atomic E-state index is -0.0645. The summed E-state index contributed by atoms with van der Waals surface area (Å²) in [6.45, 7) is 4.47. The maximum atomic E-state index is 6.52. The third kappa shape index (κ3) is 2.98. The molecule has 0 spiro atoms. The Bertz CT molecular complexity index is 503. The van der Waals surface area contributed by atoms with E-state index in [1.165, 1.54) is 16.9 Å². The molecule has 0 fully saturated rings. The van der Waals surface area contributed by atoms with Gasteiger partial charge in [-0.1, -0.05) is 38.1 Å². The fourth-order valence-electron chi connectivity index (χ4n) is 1.87. The molecule has 1 aromatic carbocycles. The van der Waals surface area contributed by atoms with Crippen molar-refractivity contribution in [2.75, 3.05) is 0 Å². The molecule has 2 unspecified atom stereocenters. The van der Waals surface area contributed by atoms with Crippen LogP contribution in [0.2, 0.25) is 0 Å². The minimum absolute atomic E-state index is 0.0645. The van der Waals surface area contributed by atoms with Crippen molar-refractivity contribution in [1.29, 1.82) is 0 Å². The first-order valence-corrected chi connectivity index (χ1v) is 8.21. The summed E-state index contributed by atoms with van der Waals surface area (Å²) in [5.41, 5.74) is 2.54. The van der Waals surface area contributed by atoms with E-state index in [9.17, 15) is 0 Å². The Hall–Kier alpha value is -0.310. The lowest BCUT2D eigenvalue weighted by Gasteiger charge is -2.12. The summed E-state index contributed by atoms with van der Waals surface area (Å²) < 4.78 is 1.10. The van der Waals surface area contributed by atoms with Gasteiger partial charge in [-0.15, -0.1) is 22.9 Å². The molecule has 0 N–H and O–H groups in total. The summed E-state index contributed by atoms with van der Waals surface area (Å²) in [5, 5.41) is 1.99. The van der Waals surface area contributed by atoms with Gasteiger partial charge in [-0.25, -0.2) is 0 Å². The largest absolute Gasteiger partial charge is 0.146 e. The zero-order valence-corrected chi connectivity index (χ0v) is 13.6. The van der Waals surface area contributed by atoms with Gasteiger partial charge < -0.3 is 0 Å². The van der Waals surface area contributed by atoms with Crippen LogP contribution < -0.4 is 0 Å². The second-order valence-electron chi connectivity index (χ2n) is 4.47. The van der Waals surface area contributed by atoms with Crippen molar-refractivity contribution in [2.45, 2.75) is 31.6 Å². The predicted molar refractivity (Wildman–Crippen MR) is 84.9 cm³/mol. The molecule has 0 bridgehead atoms. The zero-order valence-electron chi connectivity index (χ0n) is 10.5. The quantitative estimate of drug-likeness (QED) is 0.567. The number of thiophene rings is 1. The summed E-state index contributed by atoms with van der Waals surface area (Å²) in [6.07, 6.45) is 1.17. The Balaban J connectivity index is 2.22. The average Bonchev–Trinajstić information content (AvgIpc) is 2.83. The van der Waals surface area contributed by atoms with Crippen molar-refractivity contribution < 1.29 is 0 Å². The standard InChI is InChI=1S/C15H16BrClS/c1-3-10(2)11-4-6-12(7-5-11)14(17)15-13(16)8-9-18-15/h4-10,14H,3H2,1-2H3. The van der Waals surface area contributed by atoms with Crippen molar-refractivity contribution >= 4 is 38.9 Å². The van der Waals surface area contributed by atoms with Gasteiger partial charge in [0.25, 0.3) is 0 Å². The van der Waals surface area contributed by atoms with E-state index in [1.807, 2.05) is 6.07 Å². The van der Waals surface area contributed by atoms with Crippen LogP contribution >= 0.6 is 38.9 Å². The van der Waals surface area contributed by atoms with Crippen LogP contribution in [-0.2, 0) is 0 Å². The van der Waals surface area contributed by atoms with Crippen molar-refractivity contribution in [3.8, 4) is 0 Å². The average molecular weight is 344 g/mol. The Morgan fingerprint density at radius 2 is 1.78 bits per heavy atom. The fourth-order valence-corrected chi connectivity index (χ4v) is 4.02. The number of benzene rings is 1. The van der Waals surface area contributed by atoms with Gasteiger partial charge in [0, 0.05) is 9.35 Å². The van der Waals surface area contributed by atoms with Gasteiger partial charge >= 0.3 is 0 Å². The van der Waals surface area contributed by atoms with Crippen molar-refractivity contribution in [2.24, 2.45) is 0 Å². The molecule has 2 aromatic rings. The first kappa shape index (κ1) is 14.1. The van der Waals surface area contributed by atoms with Crippen LogP contribution in [0.4, 0.5) is 0 Å². The second kappa shape index (κ2) is 6.23. The van der Waals surface area contributed by atoms with Crippen LogP contribution in [0.1, 0.15) is 47.6 Å². The lowest BCUT2D eigenvalue weighted by molar-refractivity contribution is 0.733. The Morgan fingerprint density at radius 1 is 1.17 bits per heavy atom. The van der Waals surface area contributed by atoms with E-state index in [4.69, 9.17) is 11.6 Å². The monoisotopic (exact) mass is 342 g/mol. The van der Waals surface area contributed by atoms with Gasteiger partial charge in [0.1, 0.15) is 0 Å². The topological polar surface area (TPSA) is 0 Å². The molecule has 2 atom stereocenters. The minimum Gasteiger partial charge on any atom is -0.146 e. The summed E-state index contributed by atoms with van der Waals surface area (Å²) in [6, 6.07) is 10.7. The van der Waals surface area contributed by atoms with Crippen LogP contribution in [0.15, 0.2) is 40.2 Å². The van der Waals surface area contributed by atoms with Gasteiger partial charge in [-0.3, -0.25) is 0 Å². The SMILES string of the molecule is CCC(C)c1ccc(C(Cl)c2sccc2Br)cc1. The van der Waals surface area contributed by atoms with E-state index in [1.54, 1.807) is 11.3 Å². The van der Waals surface area contributed by atoms with E-state index >= 15 is 0 Å². The molecule has 0 amide bonds. The second-order valence-corrected chi connectivity index (χ2v) is 6.71. The van der Waals surface area contributed by atoms with Crippen molar-refractivity contribution in [1.82, 2.24) is 0 Å². The number of hydrogen-bond donors (Lipinski definition) is 0. The molecule has 0 radical (unpaired) electrons. The third-order valence-corrected chi connectivity index (χ3v) is 5.82. The zero-order chi connectivity index (χ0) is 13.1. The number of halogens is 2. The Kier molecular flexibility index (Phi) is 4.88. The molecule has 96 valence electrons. The lowest BCUT2D eigenvalue weighted by Crippen LogP contribution is -1.94. The van der Waals surface area contributed by atoms with Crippen LogP contribution in [-0.4, -0.2) is 0 Å². The highest BCUT2D eigenvalue weighted by atomic mass is 79.9. The predicted octanol–water partition coefficient (Wildman–Crippen LogP) is 6.35. The van der Waals surface area contributed by atoms with E-state index in [-0.39, 0.29) is 5.38 Å². The molecule has 2 rings (SSSR count). The highest BCUT2D eigenvalue weighted by molar-refractivity contribution is 9.10. The summed E-state index contributed by atoms with van der Waals surface area (Å²) >= 11 is 11.8. The molecule has 3 heteroatoms. The van der Waals surface area contributed by atoms with E-state index < -0.39 is 0 Å². The molecule has 1 aromatic heterocycles. The molecular formula is C15H16BrClS. The smallest absolute Gasteiger partial charge is 0.0939 e. The highest BCUT2D eigenvalue weighted by Gasteiger charge is 2.15. The van der Waals surface area contributed by atoms with Gasteiger partial charge in [0.2, 0.25) is 0 Å². The molecule has 0 nitrogen and oxygen atoms in total. The van der Waals surface area contributed by atoms with Crippen molar-refractivity contribution in [3.63, 3.8) is 0 Å². The summed E-state index contributed by atoms with van der Waals surface area (Å²) in [7, 11) is 0. The number of rotatable bonds is 4. The Morgan fingerprint density at radius 3 is 2.28 bits per heavy atom. The number of alkyl halides is 1. The lowest BCUT2D eigenvalue weighted by atomic mass is 9.97. The first-order chi connectivity index (χ1) is 8.63. The molecule has 0 aliphatic rings. The van der Waals surface area contributed by atoms with Crippen LogP contribution in [0.5, 0.6) is 0 Å². The van der Waals surface area contributed by atoms with Crippen LogP contribution in [0, 0.1) is 0 Å². The van der Waals surface area contributed by atoms with Gasteiger partial charge in [0.05, 0.1) is 5.38 Å². The summed E-state index contributed by atoms with van der Waals surface area (Å²) in [4.78, 5) is 1.17. The van der Waals surface area contributed by atoms with Crippen LogP contribution in [0.25, 0.3) is 0 Å². The molecule has 1 heterocycles. The fraction of sp³-hybridized carbons (Fsp3) is 0.333. The van der Waals surface area contributed by atoms with Crippen LogP contribution in [0.3, 0.4) is 0 Å². The maximum Gasteiger partial charge on any atom is 0.0939 e. The molecule has 0 aliphatic carbocycles. The van der Waals surface area contributed by atoms with Crippen molar-refractivity contribution in [3.05, 3.63) is 56.2 Å². The molecule has 0 saturated carbocycles. The highest BCUT2D eigenvalue weighted by Crippen LogP contribution is 2.37. The summed E-state index contributed by atoms with van der Waals surface area (Å²) in [5.74, 6) is 0.612. The van der Waals surface area contributed by atoms with Gasteiger partial charge in [-0.05, 0) is 50.8 Å². The number of hydrogen-bond acceptors (Lipinski definition) is 1. The molecular weight excluding hydrogens is 328 g/mol. The van der Waals surface area contributed by atoms with E-state index in [0.29, 0.717) is 5.92 Å².